The van der Waals surface area contributed by atoms with Gasteiger partial charge in [0.25, 0.3) is 0 Å². The van der Waals surface area contributed by atoms with Gasteiger partial charge in [0.1, 0.15) is 0 Å². The zero-order chi connectivity index (χ0) is 17.3. The van der Waals surface area contributed by atoms with Crippen molar-refractivity contribution in [2.24, 2.45) is 0 Å². The second-order valence-electron chi connectivity index (χ2n) is 5.60. The van der Waals surface area contributed by atoms with Crippen molar-refractivity contribution in [3.05, 3.63) is 95.8 Å². The largest absolute Gasteiger partial charge is 0.326 e. The van der Waals surface area contributed by atoms with Gasteiger partial charge in [-0.05, 0) is 54.4 Å². The number of carbonyl (C=O) groups excluding carboxylic acids is 1. The van der Waals surface area contributed by atoms with Crippen molar-refractivity contribution in [1.82, 2.24) is 4.98 Å². The molecule has 0 atom stereocenters. The summed E-state index contributed by atoms with van der Waals surface area (Å²) in [5, 5.41) is 2.93. The molecule has 0 spiro atoms. The van der Waals surface area contributed by atoms with Crippen molar-refractivity contribution in [1.29, 1.82) is 0 Å². The minimum Gasteiger partial charge on any atom is -0.326 e. The van der Waals surface area contributed by atoms with E-state index in [1.807, 2.05) is 66.7 Å². The highest BCUT2D eigenvalue weighted by atomic mass is 16.1. The van der Waals surface area contributed by atoms with E-state index in [0.717, 1.165) is 22.4 Å². The van der Waals surface area contributed by atoms with Crippen LogP contribution >= 0.6 is 0 Å². The van der Waals surface area contributed by atoms with E-state index in [1.54, 1.807) is 12.4 Å². The highest BCUT2D eigenvalue weighted by Gasteiger charge is 2.03. The third-order valence-corrected chi connectivity index (χ3v) is 3.66. The fourth-order valence-electron chi connectivity index (χ4n) is 2.37. The Kier molecular flexibility index (Phi) is 5.58. The second-order valence-corrected chi connectivity index (χ2v) is 5.60. The van der Waals surface area contributed by atoms with Crippen molar-refractivity contribution >= 4 is 11.6 Å². The molecule has 0 aliphatic carbocycles. The van der Waals surface area contributed by atoms with Gasteiger partial charge in [0.2, 0.25) is 5.91 Å². The minimum atomic E-state index is -0.00928. The topological polar surface area (TPSA) is 42.0 Å². The number of hydrogen-bond acceptors (Lipinski definition) is 2. The number of benzene rings is 2. The molecule has 0 fully saturated rings. The van der Waals surface area contributed by atoms with E-state index in [-0.39, 0.29) is 5.91 Å². The molecule has 0 saturated carbocycles. The molecule has 1 amide bonds. The Morgan fingerprint density at radius 3 is 2.40 bits per heavy atom. The number of hydrogen-bond donors (Lipinski definition) is 1. The number of rotatable bonds is 4. The highest BCUT2D eigenvalue weighted by Crippen LogP contribution is 2.11. The Hall–Kier alpha value is -3.38. The molecule has 0 aliphatic rings. The first kappa shape index (κ1) is 16.5. The number of nitrogens with one attached hydrogen (secondary N) is 1. The Labute approximate surface area is 147 Å². The SMILES string of the molecule is O=C(CCc1ccncc1)Nc1cccc(C#Cc2ccccc2)c1. The van der Waals surface area contributed by atoms with Crippen LogP contribution < -0.4 is 5.32 Å². The monoisotopic (exact) mass is 326 g/mol. The number of nitrogens with zero attached hydrogens (tertiary/aromatic N) is 1. The van der Waals surface area contributed by atoms with Crippen LogP contribution in [0.3, 0.4) is 0 Å². The normalized spacial score (nSPS) is 9.76. The molecule has 0 aliphatic heterocycles. The van der Waals surface area contributed by atoms with Crippen molar-refractivity contribution in [2.45, 2.75) is 12.8 Å². The standard InChI is InChI=1S/C22H18N2O/c25-22(12-11-19-13-15-23-16-14-19)24-21-8-4-7-20(17-21)10-9-18-5-2-1-3-6-18/h1-8,13-17H,11-12H2,(H,24,25). The van der Waals surface area contributed by atoms with E-state index in [9.17, 15) is 4.79 Å². The predicted octanol–water partition coefficient (Wildman–Crippen LogP) is 4.05. The summed E-state index contributed by atoms with van der Waals surface area (Å²) in [6, 6.07) is 21.3. The molecule has 0 unspecified atom stereocenters. The number of amides is 1. The van der Waals surface area contributed by atoms with Crippen LogP contribution in [0.4, 0.5) is 5.69 Å². The van der Waals surface area contributed by atoms with Gasteiger partial charge < -0.3 is 5.32 Å². The molecule has 0 radical (unpaired) electrons. The summed E-state index contributed by atoms with van der Waals surface area (Å²) in [5.41, 5.74) is 3.71. The smallest absolute Gasteiger partial charge is 0.224 e. The summed E-state index contributed by atoms with van der Waals surface area (Å²) in [6.45, 7) is 0. The van der Waals surface area contributed by atoms with Gasteiger partial charge in [-0.2, -0.15) is 0 Å². The maximum absolute atomic E-state index is 12.1. The molecule has 3 heteroatoms. The fraction of sp³-hybridized carbons (Fsp3) is 0.0909. The zero-order valence-electron chi connectivity index (χ0n) is 13.8. The van der Waals surface area contributed by atoms with Gasteiger partial charge >= 0.3 is 0 Å². The summed E-state index contributed by atoms with van der Waals surface area (Å²) >= 11 is 0. The van der Waals surface area contributed by atoms with Gasteiger partial charge in [-0.1, -0.05) is 36.1 Å². The highest BCUT2D eigenvalue weighted by molar-refractivity contribution is 5.91. The molecule has 3 aromatic rings. The fourth-order valence-corrected chi connectivity index (χ4v) is 2.37. The van der Waals surface area contributed by atoms with Crippen LogP contribution in [0, 0.1) is 11.8 Å². The molecule has 0 bridgehead atoms. The number of carbonyl (C=O) groups is 1. The predicted molar refractivity (Wildman–Crippen MR) is 100 cm³/mol. The molecule has 2 aromatic carbocycles. The summed E-state index contributed by atoms with van der Waals surface area (Å²) < 4.78 is 0. The molecule has 122 valence electrons. The van der Waals surface area contributed by atoms with E-state index in [0.29, 0.717) is 12.8 Å². The maximum atomic E-state index is 12.1. The molecule has 3 rings (SSSR count). The lowest BCUT2D eigenvalue weighted by molar-refractivity contribution is -0.116. The number of pyridine rings is 1. The molecule has 25 heavy (non-hydrogen) atoms. The summed E-state index contributed by atoms with van der Waals surface area (Å²) in [7, 11) is 0. The van der Waals surface area contributed by atoms with Crippen molar-refractivity contribution in [3.63, 3.8) is 0 Å². The van der Waals surface area contributed by atoms with Crippen LogP contribution in [0.5, 0.6) is 0 Å². The Bertz CT molecular complexity index is 893. The molecule has 3 nitrogen and oxygen atoms in total. The second kappa shape index (κ2) is 8.47. The van der Waals surface area contributed by atoms with Crippen LogP contribution in [0.15, 0.2) is 79.1 Å². The van der Waals surface area contributed by atoms with E-state index in [1.165, 1.54) is 0 Å². The van der Waals surface area contributed by atoms with Gasteiger partial charge in [-0.3, -0.25) is 9.78 Å². The van der Waals surface area contributed by atoms with Crippen LogP contribution in [-0.4, -0.2) is 10.9 Å². The Morgan fingerprint density at radius 1 is 0.880 bits per heavy atom. The van der Waals surface area contributed by atoms with E-state index in [4.69, 9.17) is 0 Å². The number of aryl methyl sites for hydroxylation is 1. The lowest BCUT2D eigenvalue weighted by Crippen LogP contribution is -2.12. The van der Waals surface area contributed by atoms with Crippen molar-refractivity contribution < 1.29 is 4.79 Å². The Balaban J connectivity index is 1.60. The van der Waals surface area contributed by atoms with Crippen LogP contribution in [0.25, 0.3) is 0 Å². The number of aromatic nitrogens is 1. The number of anilines is 1. The van der Waals surface area contributed by atoms with Gasteiger partial charge in [-0.15, -0.1) is 0 Å². The summed E-state index contributed by atoms with van der Waals surface area (Å²) in [5.74, 6) is 6.23. The van der Waals surface area contributed by atoms with Crippen LogP contribution in [0.2, 0.25) is 0 Å². The van der Waals surface area contributed by atoms with E-state index >= 15 is 0 Å². The van der Waals surface area contributed by atoms with Gasteiger partial charge in [0.15, 0.2) is 0 Å². The van der Waals surface area contributed by atoms with Crippen molar-refractivity contribution in [2.75, 3.05) is 5.32 Å². The van der Waals surface area contributed by atoms with Gasteiger partial charge in [0.05, 0.1) is 0 Å². The lowest BCUT2D eigenvalue weighted by atomic mass is 10.1. The summed E-state index contributed by atoms with van der Waals surface area (Å²) in [6.07, 6.45) is 4.61. The van der Waals surface area contributed by atoms with Gasteiger partial charge in [-0.25, -0.2) is 0 Å². The van der Waals surface area contributed by atoms with Crippen LogP contribution in [-0.2, 0) is 11.2 Å². The molecule has 1 N–H and O–H groups in total. The molecule has 0 saturated heterocycles. The first-order chi connectivity index (χ1) is 12.3. The molecule has 1 aromatic heterocycles. The zero-order valence-corrected chi connectivity index (χ0v) is 13.8. The maximum Gasteiger partial charge on any atom is 0.224 e. The lowest BCUT2D eigenvalue weighted by Gasteiger charge is -2.05. The minimum absolute atomic E-state index is 0.00928. The first-order valence-corrected chi connectivity index (χ1v) is 8.15. The van der Waals surface area contributed by atoms with Crippen LogP contribution in [0.1, 0.15) is 23.1 Å². The molecular formula is C22H18N2O. The average molecular weight is 326 g/mol. The third-order valence-electron chi connectivity index (χ3n) is 3.66. The third kappa shape index (κ3) is 5.33. The molecule has 1 heterocycles. The quantitative estimate of drug-likeness (QED) is 0.735. The van der Waals surface area contributed by atoms with E-state index in [2.05, 4.69) is 22.1 Å². The van der Waals surface area contributed by atoms with Crippen molar-refractivity contribution in [3.8, 4) is 11.8 Å². The van der Waals surface area contributed by atoms with Gasteiger partial charge in [0, 0.05) is 35.6 Å². The first-order valence-electron chi connectivity index (χ1n) is 8.15. The molecular weight excluding hydrogens is 308 g/mol. The summed E-state index contributed by atoms with van der Waals surface area (Å²) in [4.78, 5) is 16.1. The Morgan fingerprint density at radius 2 is 1.60 bits per heavy atom. The average Bonchev–Trinajstić information content (AvgIpc) is 2.67. The van der Waals surface area contributed by atoms with E-state index < -0.39 is 0 Å².